The SMILES string of the molecule is COc1cccc2[nH]cc(C(CC(=O)NCc3nc(C)no3)c3ccccc3)c12. The molecular formula is C22H22N4O3. The summed E-state index contributed by atoms with van der Waals surface area (Å²) in [5.74, 6) is 1.48. The highest BCUT2D eigenvalue weighted by Crippen LogP contribution is 2.37. The first-order valence-electron chi connectivity index (χ1n) is 9.40. The molecule has 1 atom stereocenters. The predicted molar refractivity (Wildman–Crippen MR) is 109 cm³/mol. The zero-order chi connectivity index (χ0) is 20.2. The van der Waals surface area contributed by atoms with Crippen LogP contribution in [-0.4, -0.2) is 28.1 Å². The molecular weight excluding hydrogens is 368 g/mol. The fourth-order valence-electron chi connectivity index (χ4n) is 3.56. The van der Waals surface area contributed by atoms with Crippen LogP contribution in [0.4, 0.5) is 0 Å². The lowest BCUT2D eigenvalue weighted by Crippen LogP contribution is -2.25. The first kappa shape index (κ1) is 18.7. The Morgan fingerprint density at radius 2 is 2.03 bits per heavy atom. The third-order valence-electron chi connectivity index (χ3n) is 4.89. The van der Waals surface area contributed by atoms with Crippen LogP contribution < -0.4 is 10.1 Å². The van der Waals surface area contributed by atoms with Crippen LogP contribution in [0.1, 0.15) is 35.2 Å². The fourth-order valence-corrected chi connectivity index (χ4v) is 3.56. The summed E-state index contributed by atoms with van der Waals surface area (Å²) in [5, 5.41) is 7.61. The molecule has 29 heavy (non-hydrogen) atoms. The number of nitrogens with one attached hydrogen (secondary N) is 2. The molecule has 2 heterocycles. The standard InChI is InChI=1S/C22H22N4O3/c1-14-25-21(29-26-14)13-24-20(27)11-16(15-7-4-3-5-8-15)17-12-23-18-9-6-10-19(28-2)22(17)18/h3-10,12,16,23H,11,13H2,1-2H3,(H,24,27). The number of rotatable bonds is 7. The average Bonchev–Trinajstić information content (AvgIpc) is 3.37. The predicted octanol–water partition coefficient (Wildman–Crippen LogP) is 3.71. The van der Waals surface area contributed by atoms with Crippen molar-refractivity contribution in [1.82, 2.24) is 20.4 Å². The van der Waals surface area contributed by atoms with Gasteiger partial charge in [-0.05, 0) is 30.2 Å². The molecule has 7 heteroatoms. The second-order valence-corrected chi connectivity index (χ2v) is 6.81. The normalized spacial score (nSPS) is 12.1. The van der Waals surface area contributed by atoms with Gasteiger partial charge in [-0.1, -0.05) is 41.6 Å². The van der Waals surface area contributed by atoms with Gasteiger partial charge in [-0.25, -0.2) is 0 Å². The molecule has 4 aromatic rings. The van der Waals surface area contributed by atoms with Gasteiger partial charge in [0, 0.05) is 29.4 Å². The van der Waals surface area contributed by atoms with E-state index >= 15 is 0 Å². The highest BCUT2D eigenvalue weighted by Gasteiger charge is 2.23. The Morgan fingerprint density at radius 1 is 1.21 bits per heavy atom. The average molecular weight is 390 g/mol. The Kier molecular flexibility index (Phi) is 5.29. The van der Waals surface area contributed by atoms with Crippen molar-refractivity contribution in [3.05, 3.63) is 77.6 Å². The second kappa shape index (κ2) is 8.18. The summed E-state index contributed by atoms with van der Waals surface area (Å²) in [6.45, 7) is 1.95. The highest BCUT2D eigenvalue weighted by molar-refractivity contribution is 5.91. The van der Waals surface area contributed by atoms with Gasteiger partial charge in [0.1, 0.15) is 5.75 Å². The van der Waals surface area contributed by atoms with Crippen molar-refractivity contribution in [2.45, 2.75) is 25.8 Å². The summed E-state index contributed by atoms with van der Waals surface area (Å²) in [6.07, 6.45) is 2.24. The second-order valence-electron chi connectivity index (χ2n) is 6.81. The summed E-state index contributed by atoms with van der Waals surface area (Å²) in [4.78, 5) is 20.2. The number of hydrogen-bond donors (Lipinski definition) is 2. The zero-order valence-electron chi connectivity index (χ0n) is 16.3. The van der Waals surface area contributed by atoms with Crippen LogP contribution in [0.15, 0.2) is 59.3 Å². The van der Waals surface area contributed by atoms with Crippen LogP contribution in [-0.2, 0) is 11.3 Å². The largest absolute Gasteiger partial charge is 0.496 e. The van der Waals surface area contributed by atoms with Crippen molar-refractivity contribution in [3.8, 4) is 5.75 Å². The van der Waals surface area contributed by atoms with E-state index in [9.17, 15) is 4.79 Å². The molecule has 148 valence electrons. The number of H-pyrrole nitrogens is 1. The van der Waals surface area contributed by atoms with Gasteiger partial charge < -0.3 is 19.6 Å². The van der Waals surface area contributed by atoms with Crippen LogP contribution in [0, 0.1) is 6.92 Å². The summed E-state index contributed by atoms with van der Waals surface area (Å²) in [5.41, 5.74) is 3.05. The maximum Gasteiger partial charge on any atom is 0.246 e. The maximum absolute atomic E-state index is 12.8. The lowest BCUT2D eigenvalue weighted by molar-refractivity contribution is -0.121. The highest BCUT2D eigenvalue weighted by atomic mass is 16.5. The van der Waals surface area contributed by atoms with Crippen molar-refractivity contribution < 1.29 is 14.1 Å². The van der Waals surface area contributed by atoms with Gasteiger partial charge in [0.25, 0.3) is 0 Å². The quantitative estimate of drug-likeness (QED) is 0.502. The van der Waals surface area contributed by atoms with Crippen molar-refractivity contribution in [2.75, 3.05) is 7.11 Å². The number of hydrogen-bond acceptors (Lipinski definition) is 5. The number of aromatic nitrogens is 3. The molecule has 0 aliphatic carbocycles. The Balaban J connectivity index is 1.64. The van der Waals surface area contributed by atoms with E-state index < -0.39 is 0 Å². The van der Waals surface area contributed by atoms with Crippen LogP contribution in [0.25, 0.3) is 10.9 Å². The molecule has 2 N–H and O–H groups in total. The summed E-state index contributed by atoms with van der Waals surface area (Å²) in [7, 11) is 1.65. The molecule has 7 nitrogen and oxygen atoms in total. The molecule has 2 aromatic heterocycles. The van der Waals surface area contributed by atoms with Crippen LogP contribution in [0.3, 0.4) is 0 Å². The molecule has 1 unspecified atom stereocenters. The smallest absolute Gasteiger partial charge is 0.246 e. The van der Waals surface area contributed by atoms with E-state index in [1.165, 1.54) is 0 Å². The van der Waals surface area contributed by atoms with E-state index in [2.05, 4.69) is 20.4 Å². The first-order valence-corrected chi connectivity index (χ1v) is 9.40. The summed E-state index contributed by atoms with van der Waals surface area (Å²) < 4.78 is 10.6. The van der Waals surface area contributed by atoms with E-state index in [1.807, 2.05) is 54.7 Å². The molecule has 2 aromatic carbocycles. The number of benzene rings is 2. The summed E-state index contributed by atoms with van der Waals surface area (Å²) in [6, 6.07) is 15.9. The Bertz CT molecular complexity index is 1120. The molecule has 4 rings (SSSR count). The number of fused-ring (bicyclic) bond motifs is 1. The van der Waals surface area contributed by atoms with Gasteiger partial charge in [-0.2, -0.15) is 4.98 Å². The number of carbonyl (C=O) groups is 1. The minimum absolute atomic E-state index is 0.0982. The van der Waals surface area contributed by atoms with Crippen molar-refractivity contribution in [3.63, 3.8) is 0 Å². The van der Waals surface area contributed by atoms with E-state index in [1.54, 1.807) is 14.0 Å². The van der Waals surface area contributed by atoms with Gasteiger partial charge in [0.2, 0.25) is 11.8 Å². The zero-order valence-corrected chi connectivity index (χ0v) is 16.3. The Morgan fingerprint density at radius 3 is 2.76 bits per heavy atom. The number of aryl methyl sites for hydroxylation is 1. The molecule has 0 saturated heterocycles. The Labute approximate surface area is 168 Å². The lowest BCUT2D eigenvalue weighted by atomic mass is 9.88. The van der Waals surface area contributed by atoms with Crippen LogP contribution in [0.5, 0.6) is 5.75 Å². The monoisotopic (exact) mass is 390 g/mol. The number of ether oxygens (including phenoxy) is 1. The van der Waals surface area contributed by atoms with Crippen molar-refractivity contribution in [2.24, 2.45) is 0 Å². The molecule has 0 aliphatic rings. The number of amides is 1. The number of methoxy groups -OCH3 is 1. The van der Waals surface area contributed by atoms with Crippen molar-refractivity contribution in [1.29, 1.82) is 0 Å². The minimum Gasteiger partial charge on any atom is -0.496 e. The van der Waals surface area contributed by atoms with Gasteiger partial charge in [-0.3, -0.25) is 4.79 Å². The van der Waals surface area contributed by atoms with Crippen LogP contribution >= 0.6 is 0 Å². The summed E-state index contributed by atoms with van der Waals surface area (Å²) >= 11 is 0. The molecule has 0 radical (unpaired) electrons. The van der Waals surface area contributed by atoms with Crippen LogP contribution in [0.2, 0.25) is 0 Å². The van der Waals surface area contributed by atoms with E-state index in [4.69, 9.17) is 9.26 Å². The number of aromatic amines is 1. The molecule has 0 bridgehead atoms. The molecule has 0 fully saturated rings. The van der Waals surface area contributed by atoms with E-state index in [0.717, 1.165) is 27.8 Å². The van der Waals surface area contributed by atoms with E-state index in [-0.39, 0.29) is 24.8 Å². The fraction of sp³-hybridized carbons (Fsp3) is 0.227. The topological polar surface area (TPSA) is 93.0 Å². The van der Waals surface area contributed by atoms with E-state index in [0.29, 0.717) is 11.7 Å². The van der Waals surface area contributed by atoms with Gasteiger partial charge >= 0.3 is 0 Å². The van der Waals surface area contributed by atoms with Gasteiger partial charge in [-0.15, -0.1) is 0 Å². The number of nitrogens with zero attached hydrogens (tertiary/aromatic N) is 2. The van der Waals surface area contributed by atoms with Gasteiger partial charge in [0.05, 0.1) is 13.7 Å². The minimum atomic E-state index is -0.134. The first-order chi connectivity index (χ1) is 14.2. The third kappa shape index (κ3) is 3.99. The molecule has 0 spiro atoms. The molecule has 0 saturated carbocycles. The lowest BCUT2D eigenvalue weighted by Gasteiger charge is -2.18. The third-order valence-corrected chi connectivity index (χ3v) is 4.89. The van der Waals surface area contributed by atoms with Crippen molar-refractivity contribution >= 4 is 16.8 Å². The molecule has 0 aliphatic heterocycles. The Hall–Kier alpha value is -3.61. The molecule has 1 amide bonds. The maximum atomic E-state index is 12.8. The number of carbonyl (C=O) groups excluding carboxylic acids is 1. The van der Waals surface area contributed by atoms with Gasteiger partial charge in [0.15, 0.2) is 5.82 Å².